The van der Waals surface area contributed by atoms with Gasteiger partial charge in [-0.15, -0.1) is 11.3 Å². The number of carbonyl (C=O) groups is 1. The summed E-state index contributed by atoms with van der Waals surface area (Å²) in [6.45, 7) is 6.43. The zero-order valence-corrected chi connectivity index (χ0v) is 19.3. The van der Waals surface area contributed by atoms with Crippen molar-refractivity contribution >= 4 is 33.2 Å². The minimum Gasteiger partial charge on any atom is -0.318 e. The number of aryl methyl sites for hydroxylation is 4. The van der Waals surface area contributed by atoms with E-state index in [2.05, 4.69) is 50.2 Å². The van der Waals surface area contributed by atoms with Crippen molar-refractivity contribution in [2.24, 2.45) is 5.16 Å². The number of pyridine rings is 1. The smallest absolute Gasteiger partial charge is 0.318 e. The molecular weight excluding hydrogens is 404 g/mol. The lowest BCUT2D eigenvalue weighted by Gasteiger charge is -2.23. The maximum atomic E-state index is 11.9. The molecule has 31 heavy (non-hydrogen) atoms. The van der Waals surface area contributed by atoms with Crippen molar-refractivity contribution in [2.75, 3.05) is 0 Å². The van der Waals surface area contributed by atoms with Gasteiger partial charge in [-0.1, -0.05) is 48.3 Å². The molecule has 2 aromatic heterocycles. The van der Waals surface area contributed by atoms with Gasteiger partial charge >= 0.3 is 5.97 Å². The Hall–Kier alpha value is -2.53. The number of carbonyl (C=O) groups excluding carboxylic acids is 1. The first kappa shape index (κ1) is 20.4. The van der Waals surface area contributed by atoms with Crippen LogP contribution in [0.4, 0.5) is 0 Å². The summed E-state index contributed by atoms with van der Waals surface area (Å²) in [6.07, 6.45) is 6.99. The van der Waals surface area contributed by atoms with Crippen LogP contribution >= 0.6 is 11.3 Å². The first-order valence-corrected chi connectivity index (χ1v) is 12.2. The number of nitrogens with zero attached hydrogens (tertiary/aromatic N) is 2. The van der Waals surface area contributed by atoms with E-state index in [1.54, 1.807) is 0 Å². The molecule has 0 radical (unpaired) electrons. The molecule has 3 heterocycles. The molecule has 1 aromatic carbocycles. The first-order valence-electron chi connectivity index (χ1n) is 11.3. The molecule has 3 aromatic rings. The summed E-state index contributed by atoms with van der Waals surface area (Å²) in [5.41, 5.74) is 8.38. The molecule has 1 unspecified atom stereocenters. The Kier molecular flexibility index (Phi) is 5.39. The second-order valence-corrected chi connectivity index (χ2v) is 9.89. The molecule has 0 amide bonds. The van der Waals surface area contributed by atoms with Crippen LogP contribution in [0.2, 0.25) is 0 Å². The van der Waals surface area contributed by atoms with Crippen molar-refractivity contribution in [3.8, 4) is 11.1 Å². The Balaban J connectivity index is 1.82. The van der Waals surface area contributed by atoms with Crippen molar-refractivity contribution in [2.45, 2.75) is 71.6 Å². The average molecular weight is 433 g/mol. The first-order chi connectivity index (χ1) is 15.1. The van der Waals surface area contributed by atoms with Gasteiger partial charge in [0.05, 0.1) is 12.1 Å². The Morgan fingerprint density at radius 2 is 1.90 bits per heavy atom. The standard InChI is InChI=1S/C26H28N2O2S/c1-4-7-18(20-14-22(29)30-28-20)23-16(3)27-26-25(19-8-5-6-9-21(19)31-26)24(23)17-12-10-15(2)11-13-17/h10-13,18H,4-9,14H2,1-3H3. The van der Waals surface area contributed by atoms with Crippen molar-refractivity contribution < 1.29 is 9.63 Å². The number of thiophene rings is 1. The topological polar surface area (TPSA) is 51.5 Å². The molecule has 0 saturated heterocycles. The molecule has 1 aliphatic heterocycles. The third-order valence-corrected chi connectivity index (χ3v) is 7.78. The van der Waals surface area contributed by atoms with E-state index in [1.165, 1.54) is 50.9 Å². The molecular formula is C26H28N2O2S. The van der Waals surface area contributed by atoms with Crippen LogP contribution in [0.5, 0.6) is 0 Å². The van der Waals surface area contributed by atoms with E-state index in [9.17, 15) is 4.79 Å². The van der Waals surface area contributed by atoms with Crippen LogP contribution in [0, 0.1) is 13.8 Å². The van der Waals surface area contributed by atoms with Gasteiger partial charge in [0.15, 0.2) is 0 Å². The highest BCUT2D eigenvalue weighted by molar-refractivity contribution is 7.19. The summed E-state index contributed by atoms with van der Waals surface area (Å²) < 4.78 is 0. The molecule has 5 heteroatoms. The van der Waals surface area contributed by atoms with Gasteiger partial charge in [0, 0.05) is 21.9 Å². The van der Waals surface area contributed by atoms with Crippen molar-refractivity contribution in [3.63, 3.8) is 0 Å². The largest absolute Gasteiger partial charge is 0.340 e. The van der Waals surface area contributed by atoms with E-state index in [0.29, 0.717) is 0 Å². The lowest BCUT2D eigenvalue weighted by Crippen LogP contribution is -2.16. The number of oxime groups is 1. The summed E-state index contributed by atoms with van der Waals surface area (Å²) >= 11 is 1.87. The highest BCUT2D eigenvalue weighted by Crippen LogP contribution is 2.46. The van der Waals surface area contributed by atoms with E-state index in [4.69, 9.17) is 9.82 Å². The third-order valence-electron chi connectivity index (χ3n) is 6.59. The fourth-order valence-electron chi connectivity index (χ4n) is 5.14. The zero-order chi connectivity index (χ0) is 21.5. The molecule has 2 aliphatic rings. The maximum absolute atomic E-state index is 11.9. The monoisotopic (exact) mass is 432 g/mol. The number of fused-ring (bicyclic) bond motifs is 3. The van der Waals surface area contributed by atoms with Crippen LogP contribution < -0.4 is 0 Å². The van der Waals surface area contributed by atoms with Crippen molar-refractivity contribution in [1.82, 2.24) is 4.98 Å². The molecule has 0 saturated carbocycles. The number of aromatic nitrogens is 1. The molecule has 0 bridgehead atoms. The summed E-state index contributed by atoms with van der Waals surface area (Å²) in [5, 5.41) is 5.53. The number of rotatable bonds is 5. The second kappa shape index (κ2) is 8.19. The van der Waals surface area contributed by atoms with Crippen LogP contribution in [0.1, 0.15) is 72.2 Å². The number of hydrogen-bond acceptors (Lipinski definition) is 5. The van der Waals surface area contributed by atoms with Crippen LogP contribution in [-0.2, 0) is 22.5 Å². The Morgan fingerprint density at radius 1 is 1.13 bits per heavy atom. The molecule has 0 N–H and O–H groups in total. The Morgan fingerprint density at radius 3 is 2.61 bits per heavy atom. The predicted molar refractivity (Wildman–Crippen MR) is 127 cm³/mol. The SMILES string of the molecule is CCCC(C1=NOC(=O)C1)c1c(C)nc2sc3c(c2c1-c1ccc(C)cc1)CCCC3. The summed E-state index contributed by atoms with van der Waals surface area (Å²) in [6, 6.07) is 8.85. The minimum absolute atomic E-state index is 0.0452. The van der Waals surface area contributed by atoms with Gasteiger partial charge in [0.2, 0.25) is 0 Å². The normalized spacial score (nSPS) is 16.9. The van der Waals surface area contributed by atoms with Crippen LogP contribution in [0.3, 0.4) is 0 Å². The summed E-state index contributed by atoms with van der Waals surface area (Å²) in [7, 11) is 0. The molecule has 0 spiro atoms. The van der Waals surface area contributed by atoms with Crippen LogP contribution in [-0.4, -0.2) is 16.7 Å². The van der Waals surface area contributed by atoms with Gasteiger partial charge in [0.1, 0.15) is 4.83 Å². The highest BCUT2D eigenvalue weighted by atomic mass is 32.1. The molecule has 1 atom stereocenters. The molecule has 1 aliphatic carbocycles. The van der Waals surface area contributed by atoms with Crippen LogP contribution in [0.25, 0.3) is 21.3 Å². The molecule has 160 valence electrons. The fourth-order valence-corrected chi connectivity index (χ4v) is 6.45. The van der Waals surface area contributed by atoms with Gasteiger partial charge in [-0.2, -0.15) is 0 Å². The van der Waals surface area contributed by atoms with E-state index in [0.717, 1.165) is 41.9 Å². The lowest BCUT2D eigenvalue weighted by molar-refractivity contribution is -0.140. The molecule has 5 rings (SSSR count). The average Bonchev–Trinajstić information content (AvgIpc) is 3.35. The molecule has 4 nitrogen and oxygen atoms in total. The number of hydrogen-bond donors (Lipinski definition) is 0. The van der Waals surface area contributed by atoms with Gasteiger partial charge in [-0.25, -0.2) is 9.78 Å². The highest BCUT2D eigenvalue weighted by Gasteiger charge is 2.32. The van der Waals surface area contributed by atoms with E-state index >= 15 is 0 Å². The van der Waals surface area contributed by atoms with Gasteiger partial charge in [-0.3, -0.25) is 0 Å². The second-order valence-electron chi connectivity index (χ2n) is 8.81. The maximum Gasteiger partial charge on any atom is 0.340 e. The van der Waals surface area contributed by atoms with Crippen molar-refractivity contribution in [3.05, 3.63) is 51.5 Å². The minimum atomic E-state index is -0.257. The lowest BCUT2D eigenvalue weighted by atomic mass is 9.80. The van der Waals surface area contributed by atoms with Gasteiger partial charge in [0.25, 0.3) is 0 Å². The third kappa shape index (κ3) is 3.59. The molecule has 0 fully saturated rings. The predicted octanol–water partition coefficient (Wildman–Crippen LogP) is 6.65. The van der Waals surface area contributed by atoms with E-state index in [-0.39, 0.29) is 18.3 Å². The van der Waals surface area contributed by atoms with Crippen molar-refractivity contribution in [1.29, 1.82) is 0 Å². The van der Waals surface area contributed by atoms with E-state index in [1.807, 2.05) is 11.3 Å². The quantitative estimate of drug-likeness (QED) is 0.424. The van der Waals surface area contributed by atoms with E-state index < -0.39 is 0 Å². The number of benzene rings is 1. The Bertz CT molecular complexity index is 1190. The van der Waals surface area contributed by atoms with Crippen LogP contribution in [0.15, 0.2) is 29.4 Å². The van der Waals surface area contributed by atoms with Gasteiger partial charge < -0.3 is 4.84 Å². The summed E-state index contributed by atoms with van der Waals surface area (Å²) in [5.74, 6) is -0.212. The Labute approximate surface area is 187 Å². The zero-order valence-electron chi connectivity index (χ0n) is 18.5. The van der Waals surface area contributed by atoms with Gasteiger partial charge in [-0.05, 0) is 68.2 Å². The fraction of sp³-hybridized carbons (Fsp3) is 0.423. The summed E-state index contributed by atoms with van der Waals surface area (Å²) in [4.78, 5) is 24.7.